The quantitative estimate of drug-likeness (QED) is 0.397. The fraction of sp³-hybridized carbons (Fsp3) is 1.00. The average Bonchev–Trinajstić information content (AvgIpc) is 1.37. The van der Waals surface area contributed by atoms with Gasteiger partial charge >= 0.3 is 33.6 Å². The topological polar surface area (TPSA) is 9.23 Å². The summed E-state index contributed by atoms with van der Waals surface area (Å²) in [4.78, 5) is 0. The normalized spacial score (nSPS) is 7.75. The zero-order chi connectivity index (χ0) is 3.41. The molecule has 0 aliphatic heterocycles. The number of hydrogen-bond donors (Lipinski definition) is 0. The molecule has 0 saturated heterocycles. The van der Waals surface area contributed by atoms with Gasteiger partial charge in [0.1, 0.15) is 0 Å². The average molecular weight is 74.1 g/mol. The van der Waals surface area contributed by atoms with E-state index in [0.717, 1.165) is 5.47 Å². The van der Waals surface area contributed by atoms with Gasteiger partial charge in [0.25, 0.3) is 0 Å². The molecule has 0 aliphatic carbocycles. The molecule has 0 saturated carbocycles. The van der Waals surface area contributed by atoms with Crippen LogP contribution in [0.4, 0.5) is 0 Å². The Morgan fingerprint density at radius 1 is 2.25 bits per heavy atom. The van der Waals surface area contributed by atoms with Crippen LogP contribution in [0.3, 0.4) is 0 Å². The second-order valence-corrected chi connectivity index (χ2v) is 0.789. The van der Waals surface area contributed by atoms with Crippen molar-refractivity contribution in [3.05, 3.63) is 0 Å². The molecule has 24 valence electrons. The summed E-state index contributed by atoms with van der Waals surface area (Å²) < 4.78 is 4.50. The Balaban J connectivity index is -0.0000000450. The predicted octanol–water partition coefficient (Wildman–Crippen LogP) is -0.0162. The molecule has 0 radical (unpaired) electrons. The first-order valence-electron chi connectivity index (χ1n) is 1.11. The van der Waals surface area contributed by atoms with Gasteiger partial charge in [0.2, 0.25) is 0 Å². The Bertz CT molecular complexity index is 13.5. The summed E-state index contributed by atoms with van der Waals surface area (Å²) in [5.41, 5.74) is 0.736. The molecule has 0 bridgehead atoms. The maximum atomic E-state index is 4.50. The van der Waals surface area contributed by atoms with Gasteiger partial charge in [0, 0.05) is 0 Å². The van der Waals surface area contributed by atoms with Gasteiger partial charge in [-0.2, -0.15) is 0 Å². The van der Waals surface area contributed by atoms with E-state index in [1.54, 1.807) is 7.11 Å². The van der Waals surface area contributed by atoms with E-state index < -0.39 is 0 Å². The van der Waals surface area contributed by atoms with Gasteiger partial charge in [0.15, 0.2) is 0 Å². The molecule has 0 aromatic rings. The Morgan fingerprint density at radius 3 is 2.50 bits per heavy atom. The molecule has 1 nitrogen and oxygen atoms in total. The van der Waals surface area contributed by atoms with Gasteiger partial charge in [0.05, 0.1) is 0 Å². The van der Waals surface area contributed by atoms with E-state index in [4.69, 9.17) is 0 Å². The standard InChI is InChI=1S/C2H5O.Al.2H/c1-3-2;;;/h1H2,2H3;;;/q;+2;2*-1. The minimum atomic E-state index is 0. The van der Waals surface area contributed by atoms with E-state index in [2.05, 4.69) is 21.0 Å². The fourth-order valence-corrected chi connectivity index (χ4v) is 0. The van der Waals surface area contributed by atoms with Crippen molar-refractivity contribution in [1.82, 2.24) is 0 Å². The van der Waals surface area contributed by atoms with Crippen molar-refractivity contribution in [2.45, 2.75) is 0 Å². The first kappa shape index (κ1) is 4.49. The predicted molar refractivity (Wildman–Crippen MR) is 19.9 cm³/mol. The number of ether oxygens (including phenoxy) is 1. The van der Waals surface area contributed by atoms with E-state index in [-0.39, 0.29) is 2.85 Å². The first-order valence-corrected chi connectivity index (χ1v) is 1.92. The first-order chi connectivity index (χ1) is 1.91. The van der Waals surface area contributed by atoms with Gasteiger partial charge in [-0.05, 0) is 0 Å². The Kier molecular flexibility index (Phi) is 3.92. The van der Waals surface area contributed by atoms with Crippen LogP contribution in [0.15, 0.2) is 0 Å². The summed E-state index contributed by atoms with van der Waals surface area (Å²) in [7, 11) is 1.66. The summed E-state index contributed by atoms with van der Waals surface area (Å²) in [6.07, 6.45) is 0. The molecule has 0 fully saturated rings. The minimum Gasteiger partial charge on any atom is -1.00 e. The summed E-state index contributed by atoms with van der Waals surface area (Å²) >= 11 is 2.43. The molecule has 2 heteroatoms. The van der Waals surface area contributed by atoms with Gasteiger partial charge in [-0.1, -0.05) is 0 Å². The maximum Gasteiger partial charge on any atom is -1.00 e. The van der Waals surface area contributed by atoms with Crippen molar-refractivity contribution in [2.24, 2.45) is 0 Å². The number of methoxy groups -OCH3 is 1. The van der Waals surface area contributed by atoms with Crippen LogP contribution < -0.4 is 0 Å². The number of rotatable bonds is 1. The molecule has 0 heterocycles. The summed E-state index contributed by atoms with van der Waals surface area (Å²) in [6, 6.07) is 0. The van der Waals surface area contributed by atoms with E-state index in [9.17, 15) is 0 Å². The van der Waals surface area contributed by atoms with Crippen LogP contribution in [0.1, 0.15) is 2.85 Å². The molecule has 0 N–H and O–H groups in total. The van der Waals surface area contributed by atoms with Gasteiger partial charge < -0.3 is 2.85 Å². The van der Waals surface area contributed by atoms with Crippen LogP contribution in [-0.4, -0.2) is 28.9 Å². The van der Waals surface area contributed by atoms with Crippen molar-refractivity contribution >= 4 is 16.3 Å². The smallest absolute Gasteiger partial charge is 1.00 e. The van der Waals surface area contributed by atoms with Crippen molar-refractivity contribution in [2.75, 3.05) is 12.6 Å². The van der Waals surface area contributed by atoms with Crippen LogP contribution >= 0.6 is 0 Å². The maximum absolute atomic E-state index is 4.50. The van der Waals surface area contributed by atoms with Crippen molar-refractivity contribution in [3.8, 4) is 0 Å². The van der Waals surface area contributed by atoms with Crippen LogP contribution in [0, 0.1) is 0 Å². The van der Waals surface area contributed by atoms with Gasteiger partial charge in [-0.3, -0.25) is 0 Å². The minimum absolute atomic E-state index is 0. The second-order valence-electron chi connectivity index (χ2n) is 0.455. The molecule has 0 aromatic heterocycles. The number of hydrogen-bond acceptors (Lipinski definition) is 1. The molecule has 0 rings (SSSR count). The molecule has 0 aliphatic rings. The van der Waals surface area contributed by atoms with Crippen LogP contribution in [0.25, 0.3) is 0 Å². The fourth-order valence-electron chi connectivity index (χ4n) is 0. The monoisotopic (exact) mass is 74.0 g/mol. The molecular formula is C2H7AlO. The molecule has 0 unspecified atom stereocenters. The zero-order valence-corrected chi connectivity index (χ0v) is 3.85. The second kappa shape index (κ2) is 3.49. The Hall–Kier alpha value is 0.492. The molecule has 0 atom stereocenters. The third-order valence-corrected chi connectivity index (χ3v) is 0.500. The van der Waals surface area contributed by atoms with Gasteiger partial charge in [-0.15, -0.1) is 0 Å². The molecule has 4 heavy (non-hydrogen) atoms. The molecular weight excluding hydrogens is 67.0 g/mol. The third-order valence-electron chi connectivity index (χ3n) is 0.167. The van der Waals surface area contributed by atoms with Crippen molar-refractivity contribution in [3.63, 3.8) is 0 Å². The van der Waals surface area contributed by atoms with Crippen LogP contribution in [0.5, 0.6) is 0 Å². The van der Waals surface area contributed by atoms with Crippen LogP contribution in [0.2, 0.25) is 0 Å². The van der Waals surface area contributed by atoms with Crippen LogP contribution in [-0.2, 0) is 4.74 Å². The third kappa shape index (κ3) is 2.49. The molecule has 0 amide bonds. The SMILES string of the molecule is CO[CH2][Al+2].[H-].[H-]. The molecule has 0 spiro atoms. The molecule has 0 aromatic carbocycles. The van der Waals surface area contributed by atoms with E-state index >= 15 is 0 Å². The van der Waals surface area contributed by atoms with Crippen molar-refractivity contribution < 1.29 is 7.59 Å². The van der Waals surface area contributed by atoms with E-state index in [1.165, 1.54) is 0 Å². The van der Waals surface area contributed by atoms with Crippen molar-refractivity contribution in [1.29, 1.82) is 0 Å². The summed E-state index contributed by atoms with van der Waals surface area (Å²) in [5, 5.41) is 0. The summed E-state index contributed by atoms with van der Waals surface area (Å²) in [6.45, 7) is 0. The largest absolute Gasteiger partial charge is 1.00 e. The van der Waals surface area contributed by atoms with E-state index in [0.29, 0.717) is 0 Å². The Labute approximate surface area is 37.3 Å². The Morgan fingerprint density at radius 2 is 2.50 bits per heavy atom. The van der Waals surface area contributed by atoms with Gasteiger partial charge in [-0.25, -0.2) is 0 Å². The summed E-state index contributed by atoms with van der Waals surface area (Å²) in [5.74, 6) is 0. The zero-order valence-electron chi connectivity index (χ0n) is 4.69. The van der Waals surface area contributed by atoms with E-state index in [1.807, 2.05) is 0 Å².